The minimum absolute atomic E-state index is 0.0531. The predicted molar refractivity (Wildman–Crippen MR) is 237 cm³/mol. The molecule has 3 aromatic carbocycles. The van der Waals surface area contributed by atoms with Crippen molar-refractivity contribution in [2.75, 3.05) is 6.79 Å². The Balaban J connectivity index is 1.26. The molecular formula is C46H59N6O12P. The van der Waals surface area contributed by atoms with Crippen molar-refractivity contribution >= 4 is 49.2 Å². The van der Waals surface area contributed by atoms with Gasteiger partial charge in [-0.3, -0.25) is 37.9 Å². The van der Waals surface area contributed by atoms with Gasteiger partial charge in [-0.1, -0.05) is 84.9 Å². The van der Waals surface area contributed by atoms with Crippen LogP contribution in [-0.4, -0.2) is 88.4 Å². The summed E-state index contributed by atoms with van der Waals surface area (Å²) in [6, 6.07) is 19.8. The van der Waals surface area contributed by atoms with Gasteiger partial charge in [0, 0.05) is 25.4 Å². The smallest absolute Gasteiger partial charge is 0.408 e. The SMILES string of the molecule is CC(C)(C)C(=O)OCOP(=O)(O)Cc1ccc(C[C@H](NC(=O)OCc2ccccc2)C(=O)N[C@H]2CCCC3CC[C@@H](C(=O)N[C@@H](CCC(N)=O)C(=O)NCc4ccccc4)N3C2=O)cc1. The molecule has 0 bridgehead atoms. The zero-order valence-corrected chi connectivity index (χ0v) is 37.8. The van der Waals surface area contributed by atoms with Gasteiger partial charge in [0.15, 0.2) is 0 Å². The first-order chi connectivity index (χ1) is 30.9. The van der Waals surface area contributed by atoms with E-state index >= 15 is 0 Å². The Kier molecular flexibility index (Phi) is 17.8. The fraction of sp³-hybridized carbons (Fsp3) is 0.457. The van der Waals surface area contributed by atoms with Gasteiger partial charge in [0.25, 0.3) is 0 Å². The summed E-state index contributed by atoms with van der Waals surface area (Å²) in [4.78, 5) is 104. The standard InChI is InChI=1S/C46H59N6O12P/c1-46(2,3)44(58)63-29-64-65(60,61)28-33-19-17-30(18-20-33)25-37(51-45(59)62-27-32-13-8-5-9-14-32)41(55)50-36-16-10-15-34-21-23-38(52(34)43(36)57)42(56)49-35(22-24-39(47)53)40(54)48-26-31-11-6-4-7-12-31/h4-9,11-14,17-20,34-38H,10,15-16,21-29H2,1-3H3,(H2,47,53)(H,48,54)(H,49,56)(H,50,55)(H,51,59)(H,60,61)/t34?,35-,36-,37-,38-/m0/s1. The Labute approximate surface area is 378 Å². The maximum atomic E-state index is 14.3. The second kappa shape index (κ2) is 23.2. The van der Waals surface area contributed by atoms with Crippen molar-refractivity contribution in [2.24, 2.45) is 11.1 Å². The molecule has 7 N–H and O–H groups in total. The molecule has 2 unspecified atom stereocenters. The van der Waals surface area contributed by atoms with E-state index in [4.69, 9.17) is 19.7 Å². The van der Waals surface area contributed by atoms with Crippen molar-refractivity contribution in [3.63, 3.8) is 0 Å². The van der Waals surface area contributed by atoms with E-state index in [0.29, 0.717) is 42.4 Å². The van der Waals surface area contributed by atoms with Gasteiger partial charge in [0.05, 0.1) is 11.6 Å². The van der Waals surface area contributed by atoms with Crippen LogP contribution in [0.4, 0.5) is 4.79 Å². The molecule has 65 heavy (non-hydrogen) atoms. The van der Waals surface area contributed by atoms with Gasteiger partial charge in [-0.05, 0) is 81.5 Å². The van der Waals surface area contributed by atoms with Crippen molar-refractivity contribution in [3.05, 3.63) is 107 Å². The molecule has 2 heterocycles. The average Bonchev–Trinajstić information content (AvgIpc) is 3.63. The number of hydrogen-bond donors (Lipinski definition) is 6. The van der Waals surface area contributed by atoms with Crippen molar-refractivity contribution in [3.8, 4) is 0 Å². The largest absolute Gasteiger partial charge is 0.445 e. The summed E-state index contributed by atoms with van der Waals surface area (Å²) in [5, 5.41) is 11.0. The summed E-state index contributed by atoms with van der Waals surface area (Å²) in [6.45, 7) is 4.32. The molecule has 5 rings (SSSR count). The van der Waals surface area contributed by atoms with Crippen molar-refractivity contribution < 1.29 is 57.0 Å². The second-order valence-corrected chi connectivity index (χ2v) is 19.1. The Morgan fingerprint density at radius 1 is 0.800 bits per heavy atom. The van der Waals surface area contributed by atoms with Gasteiger partial charge < -0.3 is 46.3 Å². The summed E-state index contributed by atoms with van der Waals surface area (Å²) in [7, 11) is -4.23. The van der Waals surface area contributed by atoms with Crippen LogP contribution < -0.4 is 27.0 Å². The number of hydrogen-bond acceptors (Lipinski definition) is 11. The molecule has 2 aliphatic rings. The molecule has 350 valence electrons. The van der Waals surface area contributed by atoms with Crippen LogP contribution >= 0.6 is 7.60 Å². The number of ether oxygens (including phenoxy) is 2. The number of alkyl carbamates (subject to hydrolysis) is 1. The quantitative estimate of drug-likeness (QED) is 0.0536. The second-order valence-electron chi connectivity index (χ2n) is 17.3. The van der Waals surface area contributed by atoms with Crippen molar-refractivity contribution in [2.45, 2.75) is 122 Å². The zero-order valence-electron chi connectivity index (χ0n) is 36.9. The van der Waals surface area contributed by atoms with Gasteiger partial charge in [0.2, 0.25) is 36.3 Å². The highest BCUT2D eigenvalue weighted by molar-refractivity contribution is 7.51. The lowest BCUT2D eigenvalue weighted by molar-refractivity contribution is -0.160. The molecule has 0 radical (unpaired) electrons. The van der Waals surface area contributed by atoms with Crippen LogP contribution in [-0.2, 0) is 73.1 Å². The van der Waals surface area contributed by atoms with Crippen LogP contribution in [0, 0.1) is 5.41 Å². The number of amides is 6. The molecule has 19 heteroatoms. The summed E-state index contributed by atoms with van der Waals surface area (Å²) in [6.07, 6.45) is 0.631. The number of fused-ring (bicyclic) bond motifs is 1. The monoisotopic (exact) mass is 918 g/mol. The molecule has 0 saturated carbocycles. The Morgan fingerprint density at radius 2 is 1.45 bits per heavy atom. The lowest BCUT2D eigenvalue weighted by Crippen LogP contribution is -2.58. The van der Waals surface area contributed by atoms with Crippen LogP contribution in [0.25, 0.3) is 0 Å². The maximum Gasteiger partial charge on any atom is 0.408 e. The molecule has 0 aromatic heterocycles. The number of esters is 1. The Morgan fingerprint density at radius 3 is 2.09 bits per heavy atom. The molecule has 6 atom stereocenters. The third-order valence-electron chi connectivity index (χ3n) is 11.0. The first-order valence-electron chi connectivity index (χ1n) is 21.6. The summed E-state index contributed by atoms with van der Waals surface area (Å²) in [5.41, 5.74) is 7.07. The van der Waals surface area contributed by atoms with Crippen LogP contribution in [0.2, 0.25) is 0 Å². The number of nitrogens with zero attached hydrogens (tertiary/aromatic N) is 1. The number of nitrogens with one attached hydrogen (secondary N) is 4. The topological polar surface area (TPSA) is 262 Å². The number of carbonyl (C=O) groups excluding carboxylic acids is 7. The van der Waals surface area contributed by atoms with Gasteiger partial charge in [-0.25, -0.2) is 4.79 Å². The number of rotatable bonds is 20. The Hall–Kier alpha value is -6.10. The molecule has 0 aliphatic carbocycles. The van der Waals surface area contributed by atoms with E-state index in [-0.39, 0.29) is 44.9 Å². The first kappa shape index (κ1) is 49.9. The van der Waals surface area contributed by atoms with E-state index < -0.39 is 91.7 Å². The van der Waals surface area contributed by atoms with E-state index in [1.54, 1.807) is 69.3 Å². The number of carbonyl (C=O) groups is 7. The molecular weight excluding hydrogens is 860 g/mol. The number of benzene rings is 3. The highest BCUT2D eigenvalue weighted by Crippen LogP contribution is 2.45. The lowest BCUT2D eigenvalue weighted by Gasteiger charge is -2.32. The third kappa shape index (κ3) is 15.5. The fourth-order valence-electron chi connectivity index (χ4n) is 7.54. The maximum absolute atomic E-state index is 14.3. The van der Waals surface area contributed by atoms with Gasteiger partial charge in [-0.15, -0.1) is 0 Å². The van der Waals surface area contributed by atoms with Gasteiger partial charge >= 0.3 is 19.7 Å². The minimum Gasteiger partial charge on any atom is -0.445 e. The van der Waals surface area contributed by atoms with Gasteiger partial charge in [0.1, 0.15) is 30.8 Å². The summed E-state index contributed by atoms with van der Waals surface area (Å²) in [5.74, 6) is -3.51. The van der Waals surface area contributed by atoms with Crippen molar-refractivity contribution in [1.82, 2.24) is 26.2 Å². The number of primary amides is 1. The summed E-state index contributed by atoms with van der Waals surface area (Å²) >= 11 is 0. The van der Waals surface area contributed by atoms with E-state index in [1.807, 2.05) is 36.4 Å². The molecule has 2 aliphatic heterocycles. The van der Waals surface area contributed by atoms with E-state index in [1.165, 1.54) is 4.90 Å². The van der Waals surface area contributed by atoms with E-state index in [2.05, 4.69) is 21.3 Å². The normalized spacial score (nSPS) is 19.0. The van der Waals surface area contributed by atoms with Crippen LogP contribution in [0.1, 0.15) is 88.0 Å². The zero-order chi connectivity index (χ0) is 47.1. The van der Waals surface area contributed by atoms with Crippen LogP contribution in [0.5, 0.6) is 0 Å². The van der Waals surface area contributed by atoms with Crippen LogP contribution in [0.3, 0.4) is 0 Å². The highest BCUT2D eigenvalue weighted by atomic mass is 31.2. The molecule has 3 aromatic rings. The van der Waals surface area contributed by atoms with Gasteiger partial charge in [-0.2, -0.15) is 0 Å². The lowest BCUT2D eigenvalue weighted by atomic mass is 9.98. The summed E-state index contributed by atoms with van der Waals surface area (Å²) < 4.78 is 28.1. The van der Waals surface area contributed by atoms with E-state index in [9.17, 15) is 43.0 Å². The predicted octanol–water partition coefficient (Wildman–Crippen LogP) is 3.87. The molecule has 18 nitrogen and oxygen atoms in total. The highest BCUT2D eigenvalue weighted by Gasteiger charge is 2.45. The fourth-order valence-corrected chi connectivity index (χ4v) is 8.52. The molecule has 2 saturated heterocycles. The molecule has 2 fully saturated rings. The van der Waals surface area contributed by atoms with Crippen LogP contribution in [0.15, 0.2) is 84.9 Å². The average molecular weight is 919 g/mol. The molecule has 0 spiro atoms. The molecule has 6 amide bonds. The first-order valence-corrected chi connectivity index (χ1v) is 23.4. The Bertz CT molecular complexity index is 2190. The third-order valence-corrected chi connectivity index (χ3v) is 12.3. The van der Waals surface area contributed by atoms with E-state index in [0.717, 1.165) is 5.56 Å². The van der Waals surface area contributed by atoms with Crippen molar-refractivity contribution in [1.29, 1.82) is 0 Å². The number of nitrogens with two attached hydrogens (primary N) is 1. The minimum atomic E-state index is -4.23.